The SMILES string of the molecule is CCc1cc(-n2cccn2)c(F)cc1F. The third-order valence-corrected chi connectivity index (χ3v) is 2.25. The summed E-state index contributed by atoms with van der Waals surface area (Å²) < 4.78 is 28.0. The maximum atomic E-state index is 13.4. The summed E-state index contributed by atoms with van der Waals surface area (Å²) in [7, 11) is 0. The molecule has 2 aromatic rings. The maximum absolute atomic E-state index is 13.4. The van der Waals surface area contributed by atoms with E-state index in [9.17, 15) is 8.78 Å². The summed E-state index contributed by atoms with van der Waals surface area (Å²) in [6, 6.07) is 4.07. The molecule has 0 saturated heterocycles. The Morgan fingerprint density at radius 1 is 1.27 bits per heavy atom. The van der Waals surface area contributed by atoms with Crippen LogP contribution in [0.25, 0.3) is 5.69 Å². The van der Waals surface area contributed by atoms with E-state index < -0.39 is 11.6 Å². The average molecular weight is 208 g/mol. The lowest BCUT2D eigenvalue weighted by molar-refractivity contribution is 0.565. The molecule has 0 aliphatic heterocycles. The van der Waals surface area contributed by atoms with E-state index >= 15 is 0 Å². The minimum Gasteiger partial charge on any atom is -0.238 e. The number of benzene rings is 1. The van der Waals surface area contributed by atoms with Crippen molar-refractivity contribution in [2.75, 3.05) is 0 Å². The average Bonchev–Trinajstić information content (AvgIpc) is 2.71. The zero-order valence-electron chi connectivity index (χ0n) is 8.24. The third-order valence-electron chi connectivity index (χ3n) is 2.25. The first-order valence-electron chi connectivity index (χ1n) is 4.70. The van der Waals surface area contributed by atoms with Crippen LogP contribution in [0.15, 0.2) is 30.6 Å². The fourth-order valence-electron chi connectivity index (χ4n) is 1.44. The van der Waals surface area contributed by atoms with Gasteiger partial charge in [0.1, 0.15) is 11.5 Å². The molecule has 0 amide bonds. The van der Waals surface area contributed by atoms with Crippen molar-refractivity contribution >= 4 is 0 Å². The second kappa shape index (κ2) is 3.81. The van der Waals surface area contributed by atoms with Gasteiger partial charge in [0, 0.05) is 18.5 Å². The van der Waals surface area contributed by atoms with Crippen molar-refractivity contribution in [3.63, 3.8) is 0 Å². The lowest BCUT2D eigenvalue weighted by atomic mass is 10.1. The Hall–Kier alpha value is -1.71. The lowest BCUT2D eigenvalue weighted by Crippen LogP contribution is -2.01. The Bertz CT molecular complexity index is 464. The molecule has 0 atom stereocenters. The Morgan fingerprint density at radius 3 is 2.67 bits per heavy atom. The number of hydrogen-bond acceptors (Lipinski definition) is 1. The van der Waals surface area contributed by atoms with Crippen molar-refractivity contribution in [2.45, 2.75) is 13.3 Å². The van der Waals surface area contributed by atoms with Gasteiger partial charge in [-0.05, 0) is 24.1 Å². The number of rotatable bonds is 2. The fraction of sp³-hybridized carbons (Fsp3) is 0.182. The van der Waals surface area contributed by atoms with E-state index in [1.54, 1.807) is 18.5 Å². The predicted octanol–water partition coefficient (Wildman–Crippen LogP) is 2.71. The van der Waals surface area contributed by atoms with E-state index in [0.717, 1.165) is 6.07 Å². The molecule has 0 spiro atoms. The first kappa shape index (κ1) is 9.83. The highest BCUT2D eigenvalue weighted by Gasteiger charge is 2.10. The van der Waals surface area contributed by atoms with Crippen LogP contribution in [-0.2, 0) is 6.42 Å². The summed E-state index contributed by atoms with van der Waals surface area (Å²) >= 11 is 0. The van der Waals surface area contributed by atoms with Gasteiger partial charge in [-0.25, -0.2) is 13.5 Å². The van der Waals surface area contributed by atoms with Gasteiger partial charge in [-0.1, -0.05) is 6.92 Å². The van der Waals surface area contributed by atoms with E-state index in [1.165, 1.54) is 10.7 Å². The van der Waals surface area contributed by atoms with Gasteiger partial charge >= 0.3 is 0 Å². The number of aryl methyl sites for hydroxylation is 1. The van der Waals surface area contributed by atoms with Gasteiger partial charge in [0.2, 0.25) is 0 Å². The van der Waals surface area contributed by atoms with E-state index in [0.29, 0.717) is 12.0 Å². The second-order valence-corrected chi connectivity index (χ2v) is 3.20. The summed E-state index contributed by atoms with van der Waals surface area (Å²) in [6.45, 7) is 1.82. The molecule has 0 aliphatic rings. The molecule has 1 aromatic heterocycles. The van der Waals surface area contributed by atoms with Crippen molar-refractivity contribution in [3.8, 4) is 5.69 Å². The molecule has 0 bridgehead atoms. The first-order valence-corrected chi connectivity index (χ1v) is 4.70. The molecule has 2 rings (SSSR count). The quantitative estimate of drug-likeness (QED) is 0.742. The van der Waals surface area contributed by atoms with Crippen molar-refractivity contribution in [1.29, 1.82) is 0 Å². The number of hydrogen-bond donors (Lipinski definition) is 0. The highest BCUT2D eigenvalue weighted by molar-refractivity contribution is 5.37. The second-order valence-electron chi connectivity index (χ2n) is 3.20. The maximum Gasteiger partial charge on any atom is 0.151 e. The topological polar surface area (TPSA) is 17.8 Å². The summed E-state index contributed by atoms with van der Waals surface area (Å²) in [5.41, 5.74) is 0.764. The largest absolute Gasteiger partial charge is 0.238 e. The van der Waals surface area contributed by atoms with Crippen LogP contribution in [0.5, 0.6) is 0 Å². The molecule has 0 saturated carbocycles. The normalized spacial score (nSPS) is 10.6. The van der Waals surface area contributed by atoms with Crippen LogP contribution in [0, 0.1) is 11.6 Å². The van der Waals surface area contributed by atoms with Crippen LogP contribution in [0.2, 0.25) is 0 Å². The van der Waals surface area contributed by atoms with E-state index in [4.69, 9.17) is 0 Å². The van der Waals surface area contributed by atoms with Crippen molar-refractivity contribution in [2.24, 2.45) is 0 Å². The summed E-state index contributed by atoms with van der Waals surface area (Å²) in [5.74, 6) is -1.11. The summed E-state index contributed by atoms with van der Waals surface area (Å²) in [5, 5.41) is 3.91. The molecule has 0 aliphatic carbocycles. The highest BCUT2D eigenvalue weighted by Crippen LogP contribution is 2.18. The lowest BCUT2D eigenvalue weighted by Gasteiger charge is -2.06. The zero-order valence-corrected chi connectivity index (χ0v) is 8.24. The van der Waals surface area contributed by atoms with Gasteiger partial charge < -0.3 is 0 Å². The first-order chi connectivity index (χ1) is 7.22. The van der Waals surface area contributed by atoms with Crippen molar-refractivity contribution in [1.82, 2.24) is 9.78 Å². The van der Waals surface area contributed by atoms with Gasteiger partial charge in [-0.2, -0.15) is 5.10 Å². The molecule has 15 heavy (non-hydrogen) atoms. The molecular weight excluding hydrogens is 198 g/mol. The molecule has 78 valence electrons. The Labute approximate surface area is 86.2 Å². The highest BCUT2D eigenvalue weighted by atomic mass is 19.1. The number of nitrogens with zero attached hydrogens (tertiary/aromatic N) is 2. The van der Waals surface area contributed by atoms with E-state index in [1.807, 2.05) is 6.92 Å². The van der Waals surface area contributed by atoms with E-state index in [2.05, 4.69) is 5.10 Å². The van der Waals surface area contributed by atoms with Crippen molar-refractivity contribution < 1.29 is 8.78 Å². The van der Waals surface area contributed by atoms with Crippen LogP contribution >= 0.6 is 0 Å². The van der Waals surface area contributed by atoms with Gasteiger partial charge in [0.15, 0.2) is 5.82 Å². The van der Waals surface area contributed by atoms with Gasteiger partial charge in [-0.15, -0.1) is 0 Å². The standard InChI is InChI=1S/C11H10F2N2/c1-2-8-6-11(10(13)7-9(8)12)15-5-3-4-14-15/h3-7H,2H2,1H3. The van der Waals surface area contributed by atoms with Gasteiger partial charge in [-0.3, -0.25) is 0 Å². The molecule has 0 fully saturated rings. The minimum atomic E-state index is -0.603. The van der Waals surface area contributed by atoms with Crippen molar-refractivity contribution in [3.05, 3.63) is 47.8 Å². The predicted molar refractivity (Wildman–Crippen MR) is 52.9 cm³/mol. The van der Waals surface area contributed by atoms with E-state index in [-0.39, 0.29) is 5.69 Å². The Balaban J connectivity index is 2.57. The monoisotopic (exact) mass is 208 g/mol. The Kier molecular flexibility index (Phi) is 2.49. The number of aromatic nitrogens is 2. The van der Waals surface area contributed by atoms with Crippen LogP contribution in [0.1, 0.15) is 12.5 Å². The Morgan fingerprint density at radius 2 is 2.07 bits per heavy atom. The summed E-state index contributed by atoms with van der Waals surface area (Å²) in [6.07, 6.45) is 3.70. The molecule has 2 nitrogen and oxygen atoms in total. The van der Waals surface area contributed by atoms with Crippen LogP contribution in [0.4, 0.5) is 8.78 Å². The fourth-order valence-corrected chi connectivity index (χ4v) is 1.44. The molecule has 1 heterocycles. The molecule has 0 radical (unpaired) electrons. The summed E-state index contributed by atoms with van der Waals surface area (Å²) in [4.78, 5) is 0. The molecule has 0 unspecified atom stereocenters. The molecule has 4 heteroatoms. The molecular formula is C11H10F2N2. The third kappa shape index (κ3) is 1.75. The smallest absolute Gasteiger partial charge is 0.151 e. The van der Waals surface area contributed by atoms with Crippen LogP contribution in [0.3, 0.4) is 0 Å². The molecule has 1 aromatic carbocycles. The van der Waals surface area contributed by atoms with Gasteiger partial charge in [0.05, 0.1) is 0 Å². The minimum absolute atomic E-state index is 0.276. The van der Waals surface area contributed by atoms with Gasteiger partial charge in [0.25, 0.3) is 0 Å². The zero-order chi connectivity index (χ0) is 10.8. The van der Waals surface area contributed by atoms with Crippen LogP contribution < -0.4 is 0 Å². The van der Waals surface area contributed by atoms with Crippen LogP contribution in [-0.4, -0.2) is 9.78 Å². The molecule has 0 N–H and O–H groups in total. The number of halogens is 2.